The number of esters is 1. The zero-order chi connectivity index (χ0) is 18.2. The highest BCUT2D eigenvalue weighted by Gasteiger charge is 2.25. The zero-order valence-electron chi connectivity index (χ0n) is 14.6. The fourth-order valence-electron chi connectivity index (χ4n) is 1.08. The van der Waals surface area contributed by atoms with Crippen molar-refractivity contribution in [1.29, 1.82) is 0 Å². The molecular weight excluding hydrogens is 308 g/mol. The van der Waals surface area contributed by atoms with Crippen LogP contribution in [0.15, 0.2) is 11.8 Å². The van der Waals surface area contributed by atoms with Gasteiger partial charge in [0.1, 0.15) is 11.9 Å². The molecule has 0 saturated heterocycles. The van der Waals surface area contributed by atoms with Crippen molar-refractivity contribution >= 4 is 12.1 Å². The second-order valence-corrected chi connectivity index (χ2v) is 5.80. The first-order valence-corrected chi connectivity index (χ1v) is 7.23. The predicted molar refractivity (Wildman–Crippen MR) is 80.1 cm³/mol. The number of carbonyl (C=O) groups excluding carboxylic acids is 1. The van der Waals surface area contributed by atoms with Gasteiger partial charge in [-0.2, -0.15) is 4.89 Å². The van der Waals surface area contributed by atoms with Crippen molar-refractivity contribution < 1.29 is 38.7 Å². The molecule has 0 aliphatic rings. The Morgan fingerprint density at radius 2 is 1.57 bits per heavy atom. The van der Waals surface area contributed by atoms with E-state index in [-0.39, 0.29) is 11.5 Å². The number of carbonyl (C=O) groups is 2. The van der Waals surface area contributed by atoms with E-state index < -0.39 is 30.3 Å². The van der Waals surface area contributed by atoms with Crippen LogP contribution >= 0.6 is 0 Å². The summed E-state index contributed by atoms with van der Waals surface area (Å²) in [5.74, 6) is -0.474. The lowest BCUT2D eigenvalue weighted by molar-refractivity contribution is -0.327. The van der Waals surface area contributed by atoms with Crippen molar-refractivity contribution in [1.82, 2.24) is 0 Å². The molecule has 23 heavy (non-hydrogen) atoms. The first-order valence-electron chi connectivity index (χ1n) is 7.23. The van der Waals surface area contributed by atoms with Gasteiger partial charge in [0.25, 0.3) is 0 Å². The highest BCUT2D eigenvalue weighted by Crippen LogP contribution is 2.20. The van der Waals surface area contributed by atoms with Gasteiger partial charge in [-0.3, -0.25) is 0 Å². The van der Waals surface area contributed by atoms with Crippen LogP contribution in [-0.2, 0) is 28.8 Å². The maximum absolute atomic E-state index is 11.8. The van der Waals surface area contributed by atoms with Gasteiger partial charge < -0.3 is 24.2 Å². The Kier molecular flexibility index (Phi) is 8.63. The summed E-state index contributed by atoms with van der Waals surface area (Å²) in [4.78, 5) is 32.3. The van der Waals surface area contributed by atoms with Crippen LogP contribution in [-0.4, -0.2) is 35.4 Å². The number of ether oxygens (including phenoxy) is 3. The fraction of sp³-hybridized carbons (Fsp3) is 0.733. The highest BCUT2D eigenvalue weighted by atomic mass is 17.2. The summed E-state index contributed by atoms with van der Waals surface area (Å²) in [5.41, 5.74) is -0.354. The molecule has 0 aromatic rings. The lowest BCUT2D eigenvalue weighted by atomic mass is 9.95. The SMILES string of the molecule is CC(=COOC(C)(C)C(C)C)C(=O)OC(C)OC(C)OC(=O)O. The summed E-state index contributed by atoms with van der Waals surface area (Å²) < 4.78 is 14.3. The van der Waals surface area contributed by atoms with Crippen molar-refractivity contribution in [3.8, 4) is 0 Å². The largest absolute Gasteiger partial charge is 0.508 e. The van der Waals surface area contributed by atoms with Crippen molar-refractivity contribution in [2.45, 2.75) is 66.6 Å². The molecule has 0 aromatic carbocycles. The number of rotatable bonds is 9. The highest BCUT2D eigenvalue weighted by molar-refractivity contribution is 5.87. The molecule has 0 saturated carbocycles. The summed E-state index contributed by atoms with van der Waals surface area (Å²) in [5, 5.41) is 8.42. The molecule has 8 heteroatoms. The fourth-order valence-corrected chi connectivity index (χ4v) is 1.08. The summed E-state index contributed by atoms with van der Waals surface area (Å²) in [6.45, 7) is 12.0. The third-order valence-corrected chi connectivity index (χ3v) is 3.12. The lowest BCUT2D eigenvalue weighted by Gasteiger charge is -2.26. The van der Waals surface area contributed by atoms with Crippen LogP contribution in [0.1, 0.15) is 48.5 Å². The Morgan fingerprint density at radius 3 is 2.04 bits per heavy atom. The van der Waals surface area contributed by atoms with Crippen LogP contribution in [0.2, 0.25) is 0 Å². The average Bonchev–Trinajstić information content (AvgIpc) is 2.36. The summed E-state index contributed by atoms with van der Waals surface area (Å²) in [6.07, 6.45) is -2.40. The summed E-state index contributed by atoms with van der Waals surface area (Å²) in [6, 6.07) is 0. The maximum Gasteiger partial charge on any atom is 0.508 e. The molecule has 134 valence electrons. The molecule has 0 aliphatic heterocycles. The van der Waals surface area contributed by atoms with Gasteiger partial charge in [0.05, 0.1) is 5.57 Å². The van der Waals surface area contributed by atoms with Gasteiger partial charge in [0, 0.05) is 0 Å². The van der Waals surface area contributed by atoms with Gasteiger partial charge >= 0.3 is 12.1 Å². The van der Waals surface area contributed by atoms with Gasteiger partial charge in [0.2, 0.25) is 12.6 Å². The minimum absolute atomic E-state index is 0.159. The van der Waals surface area contributed by atoms with Crippen LogP contribution in [0.4, 0.5) is 4.79 Å². The molecule has 0 heterocycles. The van der Waals surface area contributed by atoms with Crippen molar-refractivity contribution in [3.05, 3.63) is 11.8 Å². The van der Waals surface area contributed by atoms with E-state index in [4.69, 9.17) is 24.4 Å². The van der Waals surface area contributed by atoms with E-state index in [1.165, 1.54) is 20.8 Å². The molecule has 0 amide bonds. The van der Waals surface area contributed by atoms with Gasteiger partial charge in [0.15, 0.2) is 0 Å². The average molecular weight is 334 g/mol. The molecule has 0 radical (unpaired) electrons. The standard InChI is InChI=1S/C15H26O8/c1-9(2)15(6,7)23-19-8-10(3)13(16)21-11(4)20-12(5)22-14(17)18/h8-9,11-12H,1-7H3,(H,17,18). The molecular formula is C15H26O8. The molecule has 0 aliphatic carbocycles. The van der Waals surface area contributed by atoms with Crippen LogP contribution < -0.4 is 0 Å². The van der Waals surface area contributed by atoms with Gasteiger partial charge in [-0.05, 0) is 40.5 Å². The molecule has 2 atom stereocenters. The Morgan fingerprint density at radius 1 is 1.04 bits per heavy atom. The maximum atomic E-state index is 11.8. The second kappa shape index (κ2) is 9.36. The van der Waals surface area contributed by atoms with E-state index in [9.17, 15) is 9.59 Å². The summed E-state index contributed by atoms with van der Waals surface area (Å²) in [7, 11) is 0. The first kappa shape index (κ1) is 21.2. The normalized spacial score (nSPS) is 15.0. The van der Waals surface area contributed by atoms with E-state index in [1.807, 2.05) is 27.7 Å². The van der Waals surface area contributed by atoms with Crippen LogP contribution in [0, 0.1) is 5.92 Å². The van der Waals surface area contributed by atoms with E-state index in [0.717, 1.165) is 6.26 Å². The number of hydrogen-bond acceptors (Lipinski definition) is 7. The van der Waals surface area contributed by atoms with Crippen molar-refractivity contribution in [3.63, 3.8) is 0 Å². The van der Waals surface area contributed by atoms with Gasteiger partial charge in [-0.25, -0.2) is 9.59 Å². The Labute approximate surface area is 136 Å². The van der Waals surface area contributed by atoms with Crippen LogP contribution in [0.5, 0.6) is 0 Å². The number of carboxylic acid groups (broad SMARTS) is 1. The number of hydrogen-bond donors (Lipinski definition) is 1. The molecule has 8 nitrogen and oxygen atoms in total. The Bertz CT molecular complexity index is 427. The second-order valence-electron chi connectivity index (χ2n) is 5.80. The third-order valence-electron chi connectivity index (χ3n) is 3.12. The molecule has 0 aromatic heterocycles. The molecule has 1 N–H and O–H groups in total. The third kappa shape index (κ3) is 9.04. The van der Waals surface area contributed by atoms with Crippen LogP contribution in [0.3, 0.4) is 0 Å². The van der Waals surface area contributed by atoms with Crippen molar-refractivity contribution in [2.24, 2.45) is 5.92 Å². The van der Waals surface area contributed by atoms with Gasteiger partial charge in [-0.1, -0.05) is 13.8 Å². The first-order chi connectivity index (χ1) is 10.5. The van der Waals surface area contributed by atoms with Crippen molar-refractivity contribution in [2.75, 3.05) is 0 Å². The molecule has 2 unspecified atom stereocenters. The monoisotopic (exact) mass is 334 g/mol. The molecule has 0 rings (SSSR count). The topological polar surface area (TPSA) is 101 Å². The summed E-state index contributed by atoms with van der Waals surface area (Å²) >= 11 is 0. The molecule has 0 spiro atoms. The van der Waals surface area contributed by atoms with Gasteiger partial charge in [-0.15, -0.1) is 0 Å². The van der Waals surface area contributed by atoms with E-state index in [1.54, 1.807) is 0 Å². The molecule has 0 fully saturated rings. The smallest absolute Gasteiger partial charge is 0.450 e. The lowest BCUT2D eigenvalue weighted by Crippen LogP contribution is -2.30. The quantitative estimate of drug-likeness (QED) is 0.171. The van der Waals surface area contributed by atoms with E-state index in [2.05, 4.69) is 4.74 Å². The van der Waals surface area contributed by atoms with E-state index in [0.29, 0.717) is 0 Å². The minimum atomic E-state index is -1.48. The van der Waals surface area contributed by atoms with Crippen LogP contribution in [0.25, 0.3) is 0 Å². The Hall–Kier alpha value is -1.80. The zero-order valence-corrected chi connectivity index (χ0v) is 14.6. The molecule has 0 bridgehead atoms. The predicted octanol–water partition coefficient (Wildman–Crippen LogP) is 3.22. The minimum Gasteiger partial charge on any atom is -0.450 e. The Balaban J connectivity index is 4.33. The van der Waals surface area contributed by atoms with E-state index >= 15 is 0 Å².